The molecule has 2 aliphatic heterocycles. The van der Waals surface area contributed by atoms with Crippen LogP contribution in [0.2, 0.25) is 0 Å². The number of hydrogen-bond acceptors (Lipinski definition) is 7. The summed E-state index contributed by atoms with van der Waals surface area (Å²) in [6.45, 7) is 3.40. The van der Waals surface area contributed by atoms with E-state index in [-0.39, 0.29) is 29.9 Å². The lowest BCUT2D eigenvalue weighted by atomic mass is 10.0. The number of nitrogens with zero attached hydrogens (tertiary/aromatic N) is 3. The van der Waals surface area contributed by atoms with Gasteiger partial charge >= 0.3 is 6.18 Å². The van der Waals surface area contributed by atoms with Gasteiger partial charge in [0, 0.05) is 41.5 Å². The molecular weight excluding hydrogens is 517 g/mol. The molecule has 2 fully saturated rings. The number of rotatable bonds is 6. The molecule has 0 radical (unpaired) electrons. The third kappa shape index (κ3) is 6.02. The third-order valence-electron chi connectivity index (χ3n) is 6.38. The molecule has 1 N–H and O–H groups in total. The highest BCUT2D eigenvalue weighted by Gasteiger charge is 2.31. The number of pyridine rings is 2. The number of benzene rings is 1. The third-order valence-corrected chi connectivity index (χ3v) is 6.38. The Morgan fingerprint density at radius 2 is 1.97 bits per heavy atom. The molecule has 0 aliphatic carbocycles. The van der Waals surface area contributed by atoms with Gasteiger partial charge in [0.2, 0.25) is 5.88 Å². The lowest BCUT2D eigenvalue weighted by Crippen LogP contribution is -2.42. The van der Waals surface area contributed by atoms with Crippen molar-refractivity contribution in [1.82, 2.24) is 9.97 Å². The average Bonchev–Trinajstić information content (AvgIpc) is 3.43. The van der Waals surface area contributed by atoms with Crippen molar-refractivity contribution in [1.29, 1.82) is 0 Å². The van der Waals surface area contributed by atoms with Gasteiger partial charge in [-0.25, -0.2) is 4.98 Å². The van der Waals surface area contributed by atoms with Crippen LogP contribution in [-0.4, -0.2) is 60.9 Å². The molecule has 2 saturated heterocycles. The van der Waals surface area contributed by atoms with Crippen molar-refractivity contribution in [3.63, 3.8) is 0 Å². The second kappa shape index (κ2) is 11.0. The number of carbonyl (C=O) groups excluding carboxylic acids is 2. The number of aromatic nitrogens is 2. The summed E-state index contributed by atoms with van der Waals surface area (Å²) in [5, 5.41) is 2.61. The predicted molar refractivity (Wildman–Crippen MR) is 135 cm³/mol. The molecule has 0 spiro atoms. The summed E-state index contributed by atoms with van der Waals surface area (Å²) in [6.07, 6.45) is -1.04. The van der Waals surface area contributed by atoms with E-state index < -0.39 is 17.6 Å². The molecule has 5 rings (SSSR count). The minimum Gasteiger partial charge on any atom is -0.470 e. The van der Waals surface area contributed by atoms with Crippen LogP contribution in [0.25, 0.3) is 11.1 Å². The normalized spacial score (nSPS) is 17.8. The van der Waals surface area contributed by atoms with Crippen LogP contribution < -0.4 is 15.0 Å². The van der Waals surface area contributed by atoms with Crippen LogP contribution in [0.15, 0.2) is 48.8 Å². The zero-order chi connectivity index (χ0) is 27.6. The van der Waals surface area contributed by atoms with Crippen LogP contribution in [0.5, 0.6) is 5.88 Å². The number of amides is 2. The molecule has 12 heteroatoms. The Morgan fingerprint density at radius 1 is 1.13 bits per heavy atom. The molecule has 0 bridgehead atoms. The maximum atomic E-state index is 13.1. The van der Waals surface area contributed by atoms with Crippen LogP contribution in [0, 0.1) is 6.92 Å². The number of hydrogen-bond donors (Lipinski definition) is 1. The summed E-state index contributed by atoms with van der Waals surface area (Å²) < 4.78 is 56.0. The smallest absolute Gasteiger partial charge is 0.416 e. The van der Waals surface area contributed by atoms with Crippen LogP contribution in [-0.2, 0) is 20.4 Å². The van der Waals surface area contributed by atoms with Gasteiger partial charge < -0.3 is 24.4 Å². The van der Waals surface area contributed by atoms with Crippen molar-refractivity contribution in [2.24, 2.45) is 0 Å². The number of ether oxygens (including phenoxy) is 3. The largest absolute Gasteiger partial charge is 0.470 e. The molecule has 4 heterocycles. The first kappa shape index (κ1) is 26.6. The van der Waals surface area contributed by atoms with Crippen LogP contribution in [0.4, 0.5) is 24.5 Å². The van der Waals surface area contributed by atoms with Crippen LogP contribution in [0.3, 0.4) is 0 Å². The number of nitrogens with one attached hydrogen (secondary N) is 1. The van der Waals surface area contributed by atoms with E-state index in [1.165, 1.54) is 18.3 Å². The SMILES string of the molecule is Cc1ncc(NC(=O)c2cccc(C(F)(F)F)c2)cc1-c1cnc(O[C@H]2CCOC2)c(N2CCOCC2=O)c1. The fourth-order valence-corrected chi connectivity index (χ4v) is 4.34. The van der Waals surface area contributed by atoms with Crippen molar-refractivity contribution >= 4 is 23.2 Å². The molecule has 2 amide bonds. The number of anilines is 2. The van der Waals surface area contributed by atoms with Crippen molar-refractivity contribution in [2.75, 3.05) is 43.2 Å². The molecule has 1 aromatic carbocycles. The number of alkyl halides is 3. The molecule has 0 saturated carbocycles. The van der Waals surface area contributed by atoms with Gasteiger partial charge in [-0.2, -0.15) is 13.2 Å². The first-order valence-corrected chi connectivity index (χ1v) is 12.3. The molecule has 2 aliphatic rings. The van der Waals surface area contributed by atoms with E-state index in [9.17, 15) is 22.8 Å². The fourth-order valence-electron chi connectivity index (χ4n) is 4.34. The van der Waals surface area contributed by atoms with Gasteiger partial charge in [-0.3, -0.25) is 14.6 Å². The molecule has 0 unspecified atom stereocenters. The summed E-state index contributed by atoms with van der Waals surface area (Å²) in [6, 6.07) is 7.60. The lowest BCUT2D eigenvalue weighted by molar-refractivity contribution is -0.137. The first-order chi connectivity index (χ1) is 18.7. The molecule has 3 aromatic rings. The van der Waals surface area contributed by atoms with Crippen LogP contribution in [0.1, 0.15) is 28.0 Å². The van der Waals surface area contributed by atoms with Crippen LogP contribution >= 0.6 is 0 Å². The Hall–Kier alpha value is -4.03. The average molecular weight is 543 g/mol. The Balaban J connectivity index is 1.45. The van der Waals surface area contributed by atoms with Gasteiger partial charge in [0.05, 0.1) is 37.3 Å². The van der Waals surface area contributed by atoms with Crippen molar-refractivity contribution in [3.8, 4) is 17.0 Å². The minimum atomic E-state index is -4.57. The Morgan fingerprint density at radius 3 is 2.72 bits per heavy atom. The number of carbonyl (C=O) groups is 2. The maximum absolute atomic E-state index is 13.1. The van der Waals surface area contributed by atoms with E-state index in [1.54, 1.807) is 30.2 Å². The zero-order valence-corrected chi connectivity index (χ0v) is 21.0. The van der Waals surface area contributed by atoms with Gasteiger partial charge in [0.1, 0.15) is 18.4 Å². The minimum absolute atomic E-state index is 0.0617. The number of halogens is 3. The van der Waals surface area contributed by atoms with E-state index in [0.717, 1.165) is 12.1 Å². The zero-order valence-electron chi connectivity index (χ0n) is 21.0. The highest BCUT2D eigenvalue weighted by Crippen LogP contribution is 2.35. The Kier molecular flexibility index (Phi) is 7.49. The van der Waals surface area contributed by atoms with E-state index in [1.807, 2.05) is 0 Å². The van der Waals surface area contributed by atoms with E-state index in [0.29, 0.717) is 61.2 Å². The molecule has 1 atom stereocenters. The standard InChI is InChI=1S/C27H25F3N4O5/c1-16-22(11-20(13-31-16)33-25(36)17-3-2-4-19(9-17)27(28,29)30)18-10-23(34-6-8-38-15-24(34)35)26(32-12-18)39-21-5-7-37-14-21/h2-4,9-13,21H,5-8,14-15H2,1H3,(H,33,36)/t21-/m0/s1. The van der Waals surface area contributed by atoms with Crippen molar-refractivity contribution in [2.45, 2.75) is 25.6 Å². The molecule has 9 nitrogen and oxygen atoms in total. The summed E-state index contributed by atoms with van der Waals surface area (Å²) in [5.41, 5.74) is 1.54. The van der Waals surface area contributed by atoms with Crippen molar-refractivity contribution < 1.29 is 37.0 Å². The second-order valence-electron chi connectivity index (χ2n) is 9.14. The summed E-state index contributed by atoms with van der Waals surface area (Å²) in [4.78, 5) is 35.8. The monoisotopic (exact) mass is 542 g/mol. The quantitative estimate of drug-likeness (QED) is 0.497. The lowest BCUT2D eigenvalue weighted by Gasteiger charge is -2.29. The van der Waals surface area contributed by atoms with Gasteiger partial charge in [-0.15, -0.1) is 0 Å². The van der Waals surface area contributed by atoms with E-state index in [4.69, 9.17) is 14.2 Å². The van der Waals surface area contributed by atoms with Crippen molar-refractivity contribution in [3.05, 3.63) is 65.6 Å². The van der Waals surface area contributed by atoms with Gasteiger partial charge in [0.15, 0.2) is 0 Å². The highest BCUT2D eigenvalue weighted by molar-refractivity contribution is 6.04. The van der Waals surface area contributed by atoms with E-state index in [2.05, 4.69) is 15.3 Å². The van der Waals surface area contributed by atoms with Gasteiger partial charge in [-0.05, 0) is 37.3 Å². The first-order valence-electron chi connectivity index (χ1n) is 12.3. The number of morpholine rings is 1. The van der Waals surface area contributed by atoms with Gasteiger partial charge in [0.25, 0.3) is 11.8 Å². The topological polar surface area (TPSA) is 103 Å². The summed E-state index contributed by atoms with van der Waals surface area (Å²) in [5.74, 6) is -0.647. The molecular formula is C27H25F3N4O5. The predicted octanol–water partition coefficient (Wildman–Crippen LogP) is 4.25. The fraction of sp³-hybridized carbons (Fsp3) is 0.333. The van der Waals surface area contributed by atoms with Gasteiger partial charge in [-0.1, -0.05) is 6.07 Å². The second-order valence-corrected chi connectivity index (χ2v) is 9.14. The summed E-state index contributed by atoms with van der Waals surface area (Å²) in [7, 11) is 0. The Labute approximate surface area is 221 Å². The molecule has 2 aromatic heterocycles. The maximum Gasteiger partial charge on any atom is 0.416 e. The Bertz CT molecular complexity index is 1390. The highest BCUT2D eigenvalue weighted by atomic mass is 19.4. The molecule has 39 heavy (non-hydrogen) atoms. The molecule has 204 valence electrons. The van der Waals surface area contributed by atoms with E-state index >= 15 is 0 Å². The summed E-state index contributed by atoms with van der Waals surface area (Å²) >= 11 is 0. The number of aryl methyl sites for hydroxylation is 1.